The molecule has 0 aliphatic rings. The summed E-state index contributed by atoms with van der Waals surface area (Å²) >= 11 is 0. The van der Waals surface area contributed by atoms with Crippen molar-refractivity contribution in [1.29, 1.82) is 0 Å². The number of aromatic nitrogens is 1. The fourth-order valence-electron chi connectivity index (χ4n) is 3.14. The summed E-state index contributed by atoms with van der Waals surface area (Å²) in [5.41, 5.74) is 2.42. The Morgan fingerprint density at radius 2 is 1.81 bits per heavy atom. The van der Waals surface area contributed by atoms with E-state index in [9.17, 15) is 8.42 Å². The number of ether oxygens (including phenoxy) is 1. The van der Waals surface area contributed by atoms with Crippen molar-refractivity contribution in [2.45, 2.75) is 30.7 Å². The molecule has 1 N–H and O–H groups in total. The Morgan fingerprint density at radius 1 is 1.12 bits per heavy atom. The Hall–Kier alpha value is -2.31. The molecule has 0 aliphatic carbocycles. The minimum atomic E-state index is -3.54. The average molecular weight is 372 g/mol. The topological polar surface area (TPSA) is 60.3 Å². The molecule has 2 aromatic carbocycles. The third-order valence-corrected chi connectivity index (χ3v) is 6.16. The van der Waals surface area contributed by atoms with Crippen molar-refractivity contribution in [3.05, 3.63) is 60.3 Å². The molecule has 0 saturated carbocycles. The molecule has 0 amide bonds. The first kappa shape index (κ1) is 18.5. The summed E-state index contributed by atoms with van der Waals surface area (Å²) in [5.74, 6) is 0.632. The maximum atomic E-state index is 12.5. The van der Waals surface area contributed by atoms with Crippen LogP contribution in [0.1, 0.15) is 18.9 Å². The second-order valence-electron chi connectivity index (χ2n) is 6.52. The molecule has 1 unspecified atom stereocenters. The standard InChI is InChI=1S/C20H24N2O3S/c1-15(21-26(23,24)18-12-10-17(25-3)11-13-18)8-9-16-14-22(2)20-7-5-4-6-19(16)20/h4-7,10-15,21H,8-9H2,1-3H3. The Balaban J connectivity index is 1.66. The highest BCUT2D eigenvalue weighted by Crippen LogP contribution is 2.22. The van der Waals surface area contributed by atoms with Crippen LogP contribution in [0.3, 0.4) is 0 Å². The number of methoxy groups -OCH3 is 1. The molecule has 3 rings (SSSR count). The van der Waals surface area contributed by atoms with Gasteiger partial charge in [-0.05, 0) is 55.7 Å². The second kappa shape index (κ2) is 7.51. The molecule has 1 atom stereocenters. The van der Waals surface area contributed by atoms with Crippen LogP contribution in [0.4, 0.5) is 0 Å². The fraction of sp³-hybridized carbons (Fsp3) is 0.300. The van der Waals surface area contributed by atoms with Crippen LogP contribution in [0.2, 0.25) is 0 Å². The Morgan fingerprint density at radius 3 is 2.50 bits per heavy atom. The quantitative estimate of drug-likeness (QED) is 0.691. The van der Waals surface area contributed by atoms with Gasteiger partial charge in [0.25, 0.3) is 0 Å². The molecule has 0 bridgehead atoms. The number of hydrogen-bond donors (Lipinski definition) is 1. The molecule has 0 saturated heterocycles. The van der Waals surface area contributed by atoms with E-state index in [-0.39, 0.29) is 10.9 Å². The van der Waals surface area contributed by atoms with Crippen molar-refractivity contribution in [2.24, 2.45) is 7.05 Å². The van der Waals surface area contributed by atoms with Gasteiger partial charge in [-0.15, -0.1) is 0 Å². The summed E-state index contributed by atoms with van der Waals surface area (Å²) in [5, 5.41) is 1.22. The van der Waals surface area contributed by atoms with Crippen molar-refractivity contribution in [3.63, 3.8) is 0 Å². The summed E-state index contributed by atoms with van der Waals surface area (Å²) in [6.07, 6.45) is 3.66. The first-order valence-corrected chi connectivity index (χ1v) is 10.1. The number of rotatable bonds is 7. The van der Waals surface area contributed by atoms with Gasteiger partial charge < -0.3 is 9.30 Å². The maximum absolute atomic E-state index is 12.5. The van der Waals surface area contributed by atoms with E-state index in [1.807, 2.05) is 26.1 Å². The molecular formula is C20H24N2O3S. The van der Waals surface area contributed by atoms with Crippen LogP contribution in [0.5, 0.6) is 5.75 Å². The van der Waals surface area contributed by atoms with Crippen molar-refractivity contribution in [3.8, 4) is 5.75 Å². The Bertz CT molecular complexity index is 992. The van der Waals surface area contributed by atoms with Crippen molar-refractivity contribution < 1.29 is 13.2 Å². The fourth-order valence-corrected chi connectivity index (χ4v) is 4.42. The van der Waals surface area contributed by atoms with Crippen LogP contribution < -0.4 is 9.46 Å². The van der Waals surface area contributed by atoms with E-state index in [0.29, 0.717) is 5.75 Å². The zero-order chi connectivity index (χ0) is 18.7. The second-order valence-corrected chi connectivity index (χ2v) is 8.23. The molecular weight excluding hydrogens is 348 g/mol. The molecule has 0 fully saturated rings. The largest absolute Gasteiger partial charge is 0.497 e. The van der Waals surface area contributed by atoms with Crippen molar-refractivity contribution in [2.75, 3.05) is 7.11 Å². The highest BCUT2D eigenvalue weighted by molar-refractivity contribution is 7.89. The number of para-hydroxylation sites is 1. The number of nitrogens with zero attached hydrogens (tertiary/aromatic N) is 1. The normalized spacial score (nSPS) is 13.0. The van der Waals surface area contributed by atoms with Gasteiger partial charge in [0.15, 0.2) is 0 Å². The molecule has 0 radical (unpaired) electrons. The molecule has 0 aliphatic heterocycles. The summed E-state index contributed by atoms with van der Waals surface area (Å²) in [7, 11) is 0.0452. The summed E-state index contributed by atoms with van der Waals surface area (Å²) < 4.78 is 35.0. The lowest BCUT2D eigenvalue weighted by atomic mass is 10.1. The molecule has 3 aromatic rings. The first-order valence-electron chi connectivity index (χ1n) is 8.60. The molecule has 0 spiro atoms. The highest BCUT2D eigenvalue weighted by Gasteiger charge is 2.18. The van der Waals surface area contributed by atoms with Gasteiger partial charge in [0, 0.05) is 30.2 Å². The van der Waals surface area contributed by atoms with Crippen molar-refractivity contribution >= 4 is 20.9 Å². The monoisotopic (exact) mass is 372 g/mol. The van der Waals surface area contributed by atoms with E-state index in [1.54, 1.807) is 31.4 Å². The Labute approximate surface area is 154 Å². The number of fused-ring (bicyclic) bond motifs is 1. The SMILES string of the molecule is COc1ccc(S(=O)(=O)NC(C)CCc2cn(C)c3ccccc23)cc1. The Kier molecular flexibility index (Phi) is 5.34. The lowest BCUT2D eigenvalue weighted by molar-refractivity contribution is 0.414. The molecule has 5 nitrogen and oxygen atoms in total. The number of benzene rings is 2. The minimum Gasteiger partial charge on any atom is -0.497 e. The zero-order valence-corrected chi connectivity index (χ0v) is 16.1. The van der Waals surface area contributed by atoms with E-state index >= 15 is 0 Å². The van der Waals surface area contributed by atoms with Gasteiger partial charge >= 0.3 is 0 Å². The number of sulfonamides is 1. The third kappa shape index (κ3) is 3.92. The van der Waals surface area contributed by atoms with E-state index in [4.69, 9.17) is 4.74 Å². The van der Waals surface area contributed by atoms with E-state index in [2.05, 4.69) is 27.6 Å². The van der Waals surface area contributed by atoms with E-state index < -0.39 is 10.0 Å². The number of hydrogen-bond acceptors (Lipinski definition) is 3. The molecule has 6 heteroatoms. The van der Waals surface area contributed by atoms with Crippen LogP contribution >= 0.6 is 0 Å². The highest BCUT2D eigenvalue weighted by atomic mass is 32.2. The molecule has 26 heavy (non-hydrogen) atoms. The summed E-state index contributed by atoms with van der Waals surface area (Å²) in [6.45, 7) is 1.90. The predicted octanol–water partition coefficient (Wildman–Crippen LogP) is 3.49. The first-order chi connectivity index (χ1) is 12.4. The van der Waals surface area contributed by atoms with Gasteiger partial charge in [-0.2, -0.15) is 0 Å². The van der Waals surface area contributed by atoms with Crippen LogP contribution in [0.25, 0.3) is 10.9 Å². The molecule has 138 valence electrons. The average Bonchev–Trinajstić information content (AvgIpc) is 2.96. The van der Waals surface area contributed by atoms with Crippen LogP contribution in [0, 0.1) is 0 Å². The smallest absolute Gasteiger partial charge is 0.240 e. The predicted molar refractivity (Wildman–Crippen MR) is 104 cm³/mol. The van der Waals surface area contributed by atoms with Gasteiger partial charge in [-0.1, -0.05) is 18.2 Å². The van der Waals surface area contributed by atoms with Crippen LogP contribution in [0.15, 0.2) is 59.6 Å². The summed E-state index contributed by atoms with van der Waals surface area (Å²) in [4.78, 5) is 0.246. The number of aryl methyl sites for hydroxylation is 2. The lowest BCUT2D eigenvalue weighted by Gasteiger charge is -2.14. The molecule has 1 aromatic heterocycles. The van der Waals surface area contributed by atoms with Gasteiger partial charge in [0.2, 0.25) is 10.0 Å². The van der Waals surface area contributed by atoms with Crippen LogP contribution in [-0.4, -0.2) is 26.1 Å². The number of nitrogens with one attached hydrogen (secondary N) is 1. The summed E-state index contributed by atoms with van der Waals surface area (Å²) in [6, 6.07) is 14.5. The minimum absolute atomic E-state index is 0.166. The van der Waals surface area contributed by atoms with E-state index in [1.165, 1.54) is 16.5 Å². The van der Waals surface area contributed by atoms with Gasteiger partial charge in [-0.3, -0.25) is 0 Å². The van der Waals surface area contributed by atoms with Gasteiger partial charge in [0.05, 0.1) is 12.0 Å². The zero-order valence-electron chi connectivity index (χ0n) is 15.3. The maximum Gasteiger partial charge on any atom is 0.240 e. The van der Waals surface area contributed by atoms with Gasteiger partial charge in [0.1, 0.15) is 5.75 Å². The molecule has 1 heterocycles. The van der Waals surface area contributed by atoms with E-state index in [0.717, 1.165) is 12.8 Å². The lowest BCUT2D eigenvalue weighted by Crippen LogP contribution is -2.32. The van der Waals surface area contributed by atoms with Crippen molar-refractivity contribution in [1.82, 2.24) is 9.29 Å². The van der Waals surface area contributed by atoms with Gasteiger partial charge in [-0.25, -0.2) is 13.1 Å². The van der Waals surface area contributed by atoms with Crippen LogP contribution in [-0.2, 0) is 23.5 Å². The third-order valence-electron chi connectivity index (χ3n) is 4.55.